The van der Waals surface area contributed by atoms with E-state index in [1.54, 1.807) is 4.90 Å². The number of nitrogens with zero attached hydrogens (tertiary/aromatic N) is 2. The van der Waals surface area contributed by atoms with Crippen molar-refractivity contribution in [3.05, 3.63) is 29.8 Å². The zero-order valence-corrected chi connectivity index (χ0v) is 13.2. The van der Waals surface area contributed by atoms with Gasteiger partial charge in [0.25, 0.3) is 5.91 Å². The highest BCUT2D eigenvalue weighted by Gasteiger charge is 2.29. The number of piperazine rings is 1. The summed E-state index contributed by atoms with van der Waals surface area (Å²) < 4.78 is 0. The molecular formula is C17H23N3O2. The van der Waals surface area contributed by atoms with Crippen molar-refractivity contribution in [2.45, 2.75) is 38.8 Å². The molecule has 2 heterocycles. The van der Waals surface area contributed by atoms with Gasteiger partial charge in [-0.25, -0.2) is 0 Å². The second kappa shape index (κ2) is 6.08. The van der Waals surface area contributed by atoms with Crippen molar-refractivity contribution in [1.82, 2.24) is 10.2 Å². The lowest BCUT2D eigenvalue weighted by molar-refractivity contribution is -0.117. The molecule has 118 valence electrons. The average molecular weight is 301 g/mol. The summed E-state index contributed by atoms with van der Waals surface area (Å²) in [7, 11) is 0. The molecule has 2 unspecified atom stereocenters. The van der Waals surface area contributed by atoms with Gasteiger partial charge in [-0.15, -0.1) is 0 Å². The highest BCUT2D eigenvalue weighted by Crippen LogP contribution is 2.23. The molecule has 2 aliphatic rings. The van der Waals surface area contributed by atoms with Crippen LogP contribution in [0.25, 0.3) is 0 Å². The molecule has 1 aromatic carbocycles. The minimum absolute atomic E-state index is 0.0503. The van der Waals surface area contributed by atoms with E-state index in [0.717, 1.165) is 31.7 Å². The van der Waals surface area contributed by atoms with E-state index in [2.05, 4.69) is 19.2 Å². The second-order valence-electron chi connectivity index (χ2n) is 6.18. The first-order chi connectivity index (χ1) is 10.6. The second-order valence-corrected chi connectivity index (χ2v) is 6.18. The van der Waals surface area contributed by atoms with Crippen molar-refractivity contribution in [2.75, 3.05) is 24.5 Å². The molecule has 0 aromatic heterocycles. The monoisotopic (exact) mass is 301 g/mol. The first-order valence-electron chi connectivity index (χ1n) is 8.02. The summed E-state index contributed by atoms with van der Waals surface area (Å²) in [5, 5.41) is 3.38. The van der Waals surface area contributed by atoms with Crippen molar-refractivity contribution < 1.29 is 9.59 Å². The van der Waals surface area contributed by atoms with E-state index >= 15 is 0 Å². The van der Waals surface area contributed by atoms with Crippen molar-refractivity contribution in [1.29, 1.82) is 0 Å². The number of anilines is 1. The summed E-state index contributed by atoms with van der Waals surface area (Å²) in [4.78, 5) is 28.4. The van der Waals surface area contributed by atoms with Crippen LogP contribution in [0.2, 0.25) is 0 Å². The molecule has 22 heavy (non-hydrogen) atoms. The molecule has 0 aliphatic carbocycles. The summed E-state index contributed by atoms with van der Waals surface area (Å²) in [6, 6.07) is 7.92. The van der Waals surface area contributed by atoms with Gasteiger partial charge in [-0.3, -0.25) is 9.59 Å². The number of rotatable bonds is 2. The topological polar surface area (TPSA) is 52.7 Å². The molecule has 2 saturated heterocycles. The van der Waals surface area contributed by atoms with Crippen LogP contribution in [0.4, 0.5) is 5.69 Å². The molecule has 0 radical (unpaired) electrons. The van der Waals surface area contributed by atoms with Crippen LogP contribution < -0.4 is 10.2 Å². The van der Waals surface area contributed by atoms with E-state index in [1.165, 1.54) is 0 Å². The Labute approximate surface area is 131 Å². The van der Waals surface area contributed by atoms with E-state index in [-0.39, 0.29) is 17.9 Å². The van der Waals surface area contributed by atoms with Gasteiger partial charge in [-0.2, -0.15) is 0 Å². The van der Waals surface area contributed by atoms with Gasteiger partial charge >= 0.3 is 0 Å². The Hall–Kier alpha value is -1.88. The van der Waals surface area contributed by atoms with E-state index in [1.807, 2.05) is 29.2 Å². The molecular weight excluding hydrogens is 278 g/mol. The van der Waals surface area contributed by atoms with Gasteiger partial charge in [-0.1, -0.05) is 6.07 Å². The number of nitrogens with one attached hydrogen (secondary N) is 1. The van der Waals surface area contributed by atoms with Crippen LogP contribution in [0.15, 0.2) is 24.3 Å². The predicted octanol–water partition coefficient (Wildman–Crippen LogP) is 1.64. The Morgan fingerprint density at radius 2 is 2.09 bits per heavy atom. The normalized spacial score (nSPS) is 25.6. The minimum atomic E-state index is 0.0503. The maximum atomic E-state index is 12.8. The highest BCUT2D eigenvalue weighted by atomic mass is 16.2. The first-order valence-corrected chi connectivity index (χ1v) is 8.02. The molecule has 3 rings (SSSR count). The molecule has 5 nitrogen and oxygen atoms in total. The van der Waals surface area contributed by atoms with Crippen LogP contribution in [-0.4, -0.2) is 48.4 Å². The van der Waals surface area contributed by atoms with E-state index in [9.17, 15) is 9.59 Å². The Balaban J connectivity index is 1.82. The van der Waals surface area contributed by atoms with E-state index < -0.39 is 0 Å². The van der Waals surface area contributed by atoms with Crippen LogP contribution in [-0.2, 0) is 4.79 Å². The largest absolute Gasteiger partial charge is 0.333 e. The third-order valence-electron chi connectivity index (χ3n) is 4.77. The van der Waals surface area contributed by atoms with Crippen LogP contribution in [0.3, 0.4) is 0 Å². The molecule has 0 bridgehead atoms. The third kappa shape index (κ3) is 2.73. The zero-order chi connectivity index (χ0) is 15.7. The molecule has 1 aromatic rings. The van der Waals surface area contributed by atoms with Crippen LogP contribution in [0.5, 0.6) is 0 Å². The molecule has 5 heteroatoms. The molecule has 2 atom stereocenters. The van der Waals surface area contributed by atoms with Crippen LogP contribution in [0.1, 0.15) is 37.0 Å². The Kier molecular flexibility index (Phi) is 4.16. The molecule has 2 fully saturated rings. The van der Waals surface area contributed by atoms with Gasteiger partial charge in [0.05, 0.1) is 0 Å². The van der Waals surface area contributed by atoms with Gasteiger partial charge in [0.1, 0.15) is 0 Å². The van der Waals surface area contributed by atoms with Crippen molar-refractivity contribution >= 4 is 17.5 Å². The average Bonchev–Trinajstić information content (AvgIpc) is 2.96. The molecule has 0 saturated carbocycles. The standard InChI is InChI=1S/C17H23N3O2/c1-12-13(2)19(10-8-18-12)17(22)14-5-3-6-15(11-14)20-9-4-7-16(20)21/h3,5-6,11-13,18H,4,7-10H2,1-2H3. The van der Waals surface area contributed by atoms with Gasteiger partial charge < -0.3 is 15.1 Å². The number of hydrogen-bond donors (Lipinski definition) is 1. The van der Waals surface area contributed by atoms with Crippen LogP contribution in [0, 0.1) is 0 Å². The van der Waals surface area contributed by atoms with Gasteiger partial charge in [0.15, 0.2) is 0 Å². The quantitative estimate of drug-likeness (QED) is 0.903. The number of carbonyl (C=O) groups excluding carboxylic acids is 2. The highest BCUT2D eigenvalue weighted by molar-refractivity contribution is 5.99. The zero-order valence-electron chi connectivity index (χ0n) is 13.2. The van der Waals surface area contributed by atoms with Gasteiger partial charge in [0.2, 0.25) is 5.91 Å². The number of carbonyl (C=O) groups is 2. The maximum absolute atomic E-state index is 12.8. The van der Waals surface area contributed by atoms with Gasteiger partial charge in [0, 0.05) is 49.4 Å². The predicted molar refractivity (Wildman–Crippen MR) is 86.0 cm³/mol. The maximum Gasteiger partial charge on any atom is 0.254 e. The fraction of sp³-hybridized carbons (Fsp3) is 0.529. The summed E-state index contributed by atoms with van der Waals surface area (Å²) >= 11 is 0. The lowest BCUT2D eigenvalue weighted by Crippen LogP contribution is -2.57. The molecule has 2 amide bonds. The third-order valence-corrected chi connectivity index (χ3v) is 4.77. The molecule has 0 spiro atoms. The Bertz CT molecular complexity index is 587. The fourth-order valence-corrected chi connectivity index (χ4v) is 3.24. The lowest BCUT2D eigenvalue weighted by Gasteiger charge is -2.38. The Morgan fingerprint density at radius 1 is 1.27 bits per heavy atom. The Morgan fingerprint density at radius 3 is 2.82 bits per heavy atom. The summed E-state index contributed by atoms with van der Waals surface area (Å²) in [6.45, 7) is 6.46. The number of amides is 2. The number of hydrogen-bond acceptors (Lipinski definition) is 3. The number of benzene rings is 1. The molecule has 1 N–H and O–H groups in total. The smallest absolute Gasteiger partial charge is 0.254 e. The van der Waals surface area contributed by atoms with E-state index in [0.29, 0.717) is 18.0 Å². The van der Waals surface area contributed by atoms with Crippen LogP contribution >= 0.6 is 0 Å². The summed E-state index contributed by atoms with van der Waals surface area (Å²) in [5.41, 5.74) is 1.50. The van der Waals surface area contributed by atoms with Crippen molar-refractivity contribution in [3.63, 3.8) is 0 Å². The molecule has 2 aliphatic heterocycles. The minimum Gasteiger partial charge on any atom is -0.333 e. The summed E-state index contributed by atoms with van der Waals surface area (Å²) in [5.74, 6) is 0.197. The first kappa shape index (κ1) is 15.0. The SMILES string of the molecule is CC1NCCN(C(=O)c2cccc(N3CCCC3=O)c2)C1C. The summed E-state index contributed by atoms with van der Waals surface area (Å²) in [6.07, 6.45) is 1.49. The lowest BCUT2D eigenvalue weighted by atomic mass is 10.0. The van der Waals surface area contributed by atoms with Crippen molar-refractivity contribution in [3.8, 4) is 0 Å². The van der Waals surface area contributed by atoms with Crippen molar-refractivity contribution in [2.24, 2.45) is 0 Å². The van der Waals surface area contributed by atoms with E-state index in [4.69, 9.17) is 0 Å². The van der Waals surface area contributed by atoms with Gasteiger partial charge in [-0.05, 0) is 38.5 Å². The fourth-order valence-electron chi connectivity index (χ4n) is 3.24.